The van der Waals surface area contributed by atoms with Gasteiger partial charge in [-0.1, -0.05) is 121 Å². The molecule has 264 valence electrons. The fourth-order valence-corrected chi connectivity index (χ4v) is 7.39. The van der Waals surface area contributed by atoms with E-state index in [1.165, 1.54) is 0 Å². The third-order valence-electron chi connectivity index (χ3n) is 10.2. The van der Waals surface area contributed by atoms with Gasteiger partial charge in [-0.05, 0) is 59.4 Å². The Balaban J connectivity index is 1.05. The molecule has 0 amide bonds. The Hall–Kier alpha value is -7.71. The normalized spacial score (nSPS) is 11.6. The van der Waals surface area contributed by atoms with Crippen molar-refractivity contribution in [3.05, 3.63) is 175 Å². The average molecular weight is 723 g/mol. The van der Waals surface area contributed by atoms with Crippen LogP contribution in [-0.4, -0.2) is 19.9 Å². The minimum absolute atomic E-state index is 0.586. The van der Waals surface area contributed by atoms with Gasteiger partial charge in [-0.25, -0.2) is 15.0 Å². The van der Waals surface area contributed by atoms with E-state index in [0.717, 1.165) is 83.1 Å². The summed E-state index contributed by atoms with van der Waals surface area (Å²) in [5, 5.41) is 8.89. The van der Waals surface area contributed by atoms with Gasteiger partial charge in [0, 0.05) is 49.9 Å². The molecule has 0 aliphatic heterocycles. The molecule has 7 aromatic carbocycles. The molecule has 0 fully saturated rings. The lowest BCUT2D eigenvalue weighted by Crippen LogP contribution is -2.40. The predicted molar refractivity (Wildman–Crippen MR) is 218 cm³/mol. The Labute approximate surface area is 320 Å². The van der Waals surface area contributed by atoms with Crippen molar-refractivity contribution in [2.24, 2.45) is 0 Å². The van der Waals surface area contributed by atoms with Crippen LogP contribution >= 0.6 is 0 Å². The van der Waals surface area contributed by atoms with Crippen LogP contribution in [-0.2, 0) is 6.54 Å². The summed E-state index contributed by atoms with van der Waals surface area (Å²) < 4.78 is 14.8. The van der Waals surface area contributed by atoms with Crippen LogP contribution in [0.4, 0.5) is 0 Å². The predicted octanol–water partition coefficient (Wildman–Crippen LogP) is 10.7. The van der Waals surface area contributed by atoms with E-state index in [2.05, 4.69) is 36.4 Å². The molecular weight excluding hydrogens is 693 g/mol. The summed E-state index contributed by atoms with van der Waals surface area (Å²) in [5.41, 5.74) is 8.81. The number of hydrogen-bond acceptors (Lipinski definition) is 6. The zero-order valence-corrected chi connectivity index (χ0v) is 29.9. The van der Waals surface area contributed by atoms with Gasteiger partial charge in [0.1, 0.15) is 34.7 Å². The molecule has 4 aromatic heterocycles. The molecule has 0 atom stereocenters. The van der Waals surface area contributed by atoms with Crippen LogP contribution in [0.5, 0.6) is 0 Å². The van der Waals surface area contributed by atoms with Crippen molar-refractivity contribution in [1.29, 1.82) is 0 Å². The van der Waals surface area contributed by atoms with Gasteiger partial charge in [-0.15, -0.1) is 0 Å². The second-order valence-corrected chi connectivity index (χ2v) is 13.8. The summed E-state index contributed by atoms with van der Waals surface area (Å²) >= 11 is 0. The van der Waals surface area contributed by atoms with Gasteiger partial charge in [0.25, 0.3) is 0 Å². The molecule has 56 heavy (non-hydrogen) atoms. The molecule has 0 spiro atoms. The Bertz CT molecular complexity index is 3150. The van der Waals surface area contributed by atoms with Crippen molar-refractivity contribution in [3.63, 3.8) is 0 Å². The van der Waals surface area contributed by atoms with Crippen molar-refractivity contribution >= 4 is 43.9 Å². The summed E-state index contributed by atoms with van der Waals surface area (Å²) in [6.07, 6.45) is 0. The lowest BCUT2D eigenvalue weighted by atomic mass is 10.0. The standard InChI is InChI=1S/C48H30N6O2/c1-5-13-30(14-6-1)29-54-48(52-47(53-54)33-19-11-4-12-20-33)35-22-24-41-37(26-35)39-27-38-36-25-34(21-23-40(36)55-42(38)28-43(39)56-41)46-50-44(31-15-7-2-8-16-31)49-45(51-46)32-17-9-3-10-18-32/h1-28H,29H2. The van der Waals surface area contributed by atoms with Crippen LogP contribution in [0.2, 0.25) is 0 Å². The maximum absolute atomic E-state index is 6.42. The van der Waals surface area contributed by atoms with E-state index in [4.69, 9.17) is 33.9 Å². The van der Waals surface area contributed by atoms with Gasteiger partial charge in [-0.3, -0.25) is 9.78 Å². The smallest absolute Gasteiger partial charge is 0.164 e. The zero-order valence-electron chi connectivity index (χ0n) is 29.9. The fraction of sp³-hybridized carbons (Fsp3) is 0.0208. The largest absolute Gasteiger partial charge is 0.456 e. The topological polar surface area (TPSA) is 95.8 Å². The monoisotopic (exact) mass is 722 g/mol. The summed E-state index contributed by atoms with van der Waals surface area (Å²) in [6, 6.07) is 56.9. The van der Waals surface area contributed by atoms with Crippen molar-refractivity contribution in [2.45, 2.75) is 6.54 Å². The molecule has 0 unspecified atom stereocenters. The quantitative estimate of drug-likeness (QED) is 0.151. The van der Waals surface area contributed by atoms with Crippen LogP contribution in [0, 0.1) is 0 Å². The maximum atomic E-state index is 6.42. The van der Waals surface area contributed by atoms with Crippen molar-refractivity contribution in [2.75, 3.05) is 0 Å². The molecule has 0 saturated carbocycles. The molecule has 8 nitrogen and oxygen atoms in total. The Morgan fingerprint density at radius 1 is 0.393 bits per heavy atom. The molecule has 8 heteroatoms. The first-order chi connectivity index (χ1) is 27.7. The zero-order chi connectivity index (χ0) is 37.0. The molecule has 0 aliphatic carbocycles. The summed E-state index contributed by atoms with van der Waals surface area (Å²) in [5.74, 6) is 3.28. The van der Waals surface area contributed by atoms with Gasteiger partial charge in [0.2, 0.25) is 0 Å². The molecule has 0 saturated heterocycles. The molecule has 11 rings (SSSR count). The van der Waals surface area contributed by atoms with Crippen molar-refractivity contribution in [1.82, 2.24) is 25.0 Å². The second kappa shape index (κ2) is 13.0. The number of nitrogens with zero attached hydrogens (tertiary/aromatic N) is 6. The van der Waals surface area contributed by atoms with Gasteiger partial charge < -0.3 is 13.8 Å². The van der Waals surface area contributed by atoms with E-state index in [-0.39, 0.29) is 0 Å². The van der Waals surface area contributed by atoms with Gasteiger partial charge in [-0.2, -0.15) is 0 Å². The first-order valence-corrected chi connectivity index (χ1v) is 18.4. The van der Waals surface area contributed by atoms with Crippen molar-refractivity contribution < 1.29 is 13.5 Å². The lowest BCUT2D eigenvalue weighted by Gasteiger charge is -2.08. The molecule has 11 aromatic rings. The third-order valence-corrected chi connectivity index (χ3v) is 10.2. The Kier molecular flexibility index (Phi) is 7.38. The average Bonchev–Trinajstić information content (AvgIpc) is 3.96. The molecule has 0 radical (unpaired) electrons. The first kappa shape index (κ1) is 31.8. The second-order valence-electron chi connectivity index (χ2n) is 13.8. The third kappa shape index (κ3) is 5.59. The minimum atomic E-state index is 0.586. The van der Waals surface area contributed by atoms with Gasteiger partial charge in [0.15, 0.2) is 17.5 Å². The number of benzene rings is 7. The molecule has 0 N–H and O–H groups in total. The lowest BCUT2D eigenvalue weighted by molar-refractivity contribution is -0.737. The minimum Gasteiger partial charge on any atom is -0.456 e. The van der Waals surface area contributed by atoms with Crippen LogP contribution in [0.15, 0.2) is 179 Å². The van der Waals surface area contributed by atoms with Gasteiger partial charge in [0.05, 0.1) is 0 Å². The van der Waals surface area contributed by atoms with E-state index in [1.54, 1.807) is 0 Å². The number of fused-ring (bicyclic) bond motifs is 6. The van der Waals surface area contributed by atoms with Crippen LogP contribution < -0.4 is 9.78 Å². The summed E-state index contributed by atoms with van der Waals surface area (Å²) in [6.45, 7) is 0.588. The van der Waals surface area contributed by atoms with E-state index in [1.807, 2.05) is 138 Å². The highest BCUT2D eigenvalue weighted by atomic mass is 16.3. The maximum Gasteiger partial charge on any atom is 0.164 e. The molecule has 4 heterocycles. The Morgan fingerprint density at radius 2 is 0.857 bits per heavy atom. The van der Waals surface area contributed by atoms with E-state index < -0.39 is 0 Å². The fourth-order valence-electron chi connectivity index (χ4n) is 7.39. The number of hydrogen-bond donors (Lipinski definition) is 0. The van der Waals surface area contributed by atoms with Crippen LogP contribution in [0.1, 0.15) is 5.56 Å². The van der Waals surface area contributed by atoms with E-state index >= 15 is 0 Å². The SMILES string of the molecule is c1ccc(C[n+]2[n-]c(-c3ccccc3)nc2-c2ccc3oc4cc5oc6ccc(-c7nc(-c8ccccc8)nc(-c8ccccc8)n7)cc6c5cc4c3c2)cc1. The number of aromatic nitrogens is 6. The highest BCUT2D eigenvalue weighted by Gasteiger charge is 2.18. The first-order valence-electron chi connectivity index (χ1n) is 18.4. The molecule has 0 bridgehead atoms. The molecule has 0 aliphatic rings. The van der Waals surface area contributed by atoms with Gasteiger partial charge >= 0.3 is 0 Å². The highest BCUT2D eigenvalue weighted by Crippen LogP contribution is 2.39. The highest BCUT2D eigenvalue weighted by molar-refractivity contribution is 6.16. The summed E-state index contributed by atoms with van der Waals surface area (Å²) in [4.78, 5) is 19.9. The van der Waals surface area contributed by atoms with E-state index in [0.29, 0.717) is 29.8 Å². The van der Waals surface area contributed by atoms with Crippen molar-refractivity contribution in [3.8, 4) is 56.9 Å². The number of furan rings is 2. The van der Waals surface area contributed by atoms with Crippen LogP contribution in [0.3, 0.4) is 0 Å². The summed E-state index contributed by atoms with van der Waals surface area (Å²) in [7, 11) is 0. The molecular formula is C48H30N6O2. The number of rotatable bonds is 7. The van der Waals surface area contributed by atoms with E-state index in [9.17, 15) is 0 Å². The Morgan fingerprint density at radius 3 is 1.43 bits per heavy atom. The van der Waals surface area contributed by atoms with Crippen LogP contribution in [0.25, 0.3) is 101 Å².